The molecule has 0 saturated heterocycles. The molecule has 4 nitrogen and oxygen atoms in total. The van der Waals surface area contributed by atoms with E-state index in [9.17, 15) is 0 Å². The monoisotopic (exact) mass is 257 g/mol. The van der Waals surface area contributed by atoms with Gasteiger partial charge in [-0.15, -0.1) is 0 Å². The number of ether oxygens (including phenoxy) is 1. The fourth-order valence-electron chi connectivity index (χ4n) is 1.76. The normalized spacial score (nSPS) is 12.2. The smallest absolute Gasteiger partial charge is 0.119 e. The standard InChI is InChI=1S/C15H19N3O/c1-11(2)19-14-6-4-13(5-7-14)18-12(3)15-10-16-8-9-17-15/h4-12,18H,1-3H3. The first-order valence-electron chi connectivity index (χ1n) is 6.44. The van der Waals surface area contributed by atoms with Gasteiger partial charge in [0.05, 0.1) is 24.0 Å². The fraction of sp³-hybridized carbons (Fsp3) is 0.333. The van der Waals surface area contributed by atoms with Gasteiger partial charge in [0.15, 0.2) is 0 Å². The molecule has 100 valence electrons. The number of anilines is 1. The maximum absolute atomic E-state index is 5.61. The lowest BCUT2D eigenvalue weighted by Crippen LogP contribution is -2.09. The van der Waals surface area contributed by atoms with Crippen LogP contribution in [0.5, 0.6) is 5.75 Å². The first kappa shape index (κ1) is 13.3. The molecule has 0 spiro atoms. The van der Waals surface area contributed by atoms with Gasteiger partial charge in [-0.3, -0.25) is 9.97 Å². The Bertz CT molecular complexity index is 497. The number of nitrogens with one attached hydrogen (secondary N) is 1. The number of benzene rings is 1. The Hall–Kier alpha value is -2.10. The molecule has 1 aromatic heterocycles. The minimum Gasteiger partial charge on any atom is -0.491 e. The lowest BCUT2D eigenvalue weighted by Gasteiger charge is -2.15. The average Bonchev–Trinajstić information content (AvgIpc) is 2.41. The summed E-state index contributed by atoms with van der Waals surface area (Å²) < 4.78 is 5.61. The molecule has 0 aliphatic carbocycles. The summed E-state index contributed by atoms with van der Waals surface area (Å²) in [4.78, 5) is 8.35. The Morgan fingerprint density at radius 2 is 1.79 bits per heavy atom. The van der Waals surface area contributed by atoms with Crippen LogP contribution in [0.2, 0.25) is 0 Å². The Labute approximate surface area is 113 Å². The average molecular weight is 257 g/mol. The zero-order valence-electron chi connectivity index (χ0n) is 11.5. The van der Waals surface area contributed by atoms with Gasteiger partial charge < -0.3 is 10.1 Å². The maximum Gasteiger partial charge on any atom is 0.119 e. The molecule has 2 aromatic rings. The third-order valence-electron chi connectivity index (χ3n) is 2.64. The minimum absolute atomic E-state index is 0.116. The largest absolute Gasteiger partial charge is 0.491 e. The first-order valence-corrected chi connectivity index (χ1v) is 6.44. The van der Waals surface area contributed by atoms with Crippen molar-refractivity contribution in [3.05, 3.63) is 48.5 Å². The summed E-state index contributed by atoms with van der Waals surface area (Å²) in [5, 5.41) is 3.38. The molecule has 4 heteroatoms. The van der Waals surface area contributed by atoms with Gasteiger partial charge in [0.25, 0.3) is 0 Å². The molecule has 1 atom stereocenters. The number of aromatic nitrogens is 2. The second kappa shape index (κ2) is 6.18. The number of hydrogen-bond donors (Lipinski definition) is 1. The molecule has 0 bridgehead atoms. The van der Waals surface area contributed by atoms with E-state index in [1.165, 1.54) is 0 Å². The van der Waals surface area contributed by atoms with Gasteiger partial charge >= 0.3 is 0 Å². The first-order chi connectivity index (χ1) is 9.15. The van der Waals surface area contributed by atoms with Crippen LogP contribution in [0, 0.1) is 0 Å². The zero-order valence-corrected chi connectivity index (χ0v) is 11.5. The van der Waals surface area contributed by atoms with Gasteiger partial charge in [0.1, 0.15) is 5.75 Å². The second-order valence-corrected chi connectivity index (χ2v) is 4.69. The Balaban J connectivity index is 1.99. The van der Waals surface area contributed by atoms with Crippen molar-refractivity contribution in [1.29, 1.82) is 0 Å². The van der Waals surface area contributed by atoms with Crippen molar-refractivity contribution >= 4 is 5.69 Å². The second-order valence-electron chi connectivity index (χ2n) is 4.69. The third kappa shape index (κ3) is 3.95. The molecule has 1 heterocycles. The van der Waals surface area contributed by atoms with Crippen LogP contribution >= 0.6 is 0 Å². The minimum atomic E-state index is 0.116. The molecule has 0 aliphatic heterocycles. The fourth-order valence-corrected chi connectivity index (χ4v) is 1.76. The van der Waals surface area contributed by atoms with E-state index in [1.54, 1.807) is 18.6 Å². The highest BCUT2D eigenvalue weighted by Gasteiger charge is 2.06. The van der Waals surface area contributed by atoms with Crippen molar-refractivity contribution < 1.29 is 4.74 Å². The summed E-state index contributed by atoms with van der Waals surface area (Å²) in [6.07, 6.45) is 5.34. The summed E-state index contributed by atoms with van der Waals surface area (Å²) >= 11 is 0. The maximum atomic E-state index is 5.61. The van der Waals surface area contributed by atoms with Crippen LogP contribution < -0.4 is 10.1 Å². The summed E-state index contributed by atoms with van der Waals surface area (Å²) in [5.41, 5.74) is 1.96. The van der Waals surface area contributed by atoms with Crippen molar-refractivity contribution in [3.63, 3.8) is 0 Å². The SMILES string of the molecule is CC(C)Oc1ccc(NC(C)c2cnccn2)cc1. The molecule has 0 radical (unpaired) electrons. The predicted molar refractivity (Wildman–Crippen MR) is 76.3 cm³/mol. The molecule has 1 aromatic carbocycles. The van der Waals surface area contributed by atoms with Crippen molar-refractivity contribution in [3.8, 4) is 5.75 Å². The van der Waals surface area contributed by atoms with Crippen LogP contribution in [-0.2, 0) is 0 Å². The molecule has 0 aliphatic rings. The highest BCUT2D eigenvalue weighted by molar-refractivity contribution is 5.47. The molecule has 1 N–H and O–H groups in total. The van der Waals surface area contributed by atoms with Gasteiger partial charge in [-0.25, -0.2) is 0 Å². The van der Waals surface area contributed by atoms with Crippen LogP contribution in [0.3, 0.4) is 0 Å². The van der Waals surface area contributed by atoms with Crippen LogP contribution in [0.15, 0.2) is 42.9 Å². The predicted octanol–water partition coefficient (Wildman–Crippen LogP) is 3.44. The van der Waals surface area contributed by atoms with Gasteiger partial charge in [-0.2, -0.15) is 0 Å². The van der Waals surface area contributed by atoms with E-state index in [2.05, 4.69) is 22.2 Å². The molecule has 1 unspecified atom stereocenters. The zero-order chi connectivity index (χ0) is 13.7. The van der Waals surface area contributed by atoms with Crippen molar-refractivity contribution in [2.24, 2.45) is 0 Å². The van der Waals surface area contributed by atoms with Gasteiger partial charge in [0.2, 0.25) is 0 Å². The highest BCUT2D eigenvalue weighted by Crippen LogP contribution is 2.20. The van der Waals surface area contributed by atoms with E-state index >= 15 is 0 Å². The van der Waals surface area contributed by atoms with Crippen molar-refractivity contribution in [2.45, 2.75) is 32.9 Å². The quantitative estimate of drug-likeness (QED) is 0.891. The summed E-state index contributed by atoms with van der Waals surface area (Å²) in [7, 11) is 0. The topological polar surface area (TPSA) is 47.0 Å². The van der Waals surface area contributed by atoms with E-state index in [0.29, 0.717) is 0 Å². The Kier molecular flexibility index (Phi) is 4.34. The number of hydrogen-bond acceptors (Lipinski definition) is 4. The van der Waals surface area contributed by atoms with Crippen LogP contribution in [-0.4, -0.2) is 16.1 Å². The van der Waals surface area contributed by atoms with E-state index in [-0.39, 0.29) is 12.1 Å². The van der Waals surface area contributed by atoms with Gasteiger partial charge in [-0.05, 0) is 45.0 Å². The van der Waals surface area contributed by atoms with Gasteiger partial charge in [-0.1, -0.05) is 0 Å². The molecule has 2 rings (SSSR count). The lowest BCUT2D eigenvalue weighted by atomic mass is 10.2. The lowest BCUT2D eigenvalue weighted by molar-refractivity contribution is 0.242. The van der Waals surface area contributed by atoms with Crippen LogP contribution in [0.4, 0.5) is 5.69 Å². The summed E-state index contributed by atoms with van der Waals surface area (Å²) in [6, 6.07) is 8.05. The Morgan fingerprint density at radius 3 is 2.37 bits per heavy atom. The highest BCUT2D eigenvalue weighted by atomic mass is 16.5. The molecule has 0 saturated carbocycles. The van der Waals surface area contributed by atoms with Crippen LogP contribution in [0.25, 0.3) is 0 Å². The summed E-state index contributed by atoms with van der Waals surface area (Å²) in [5.74, 6) is 0.882. The molecule has 0 fully saturated rings. The van der Waals surface area contributed by atoms with Crippen molar-refractivity contribution in [2.75, 3.05) is 5.32 Å². The molecular weight excluding hydrogens is 238 g/mol. The van der Waals surface area contributed by atoms with Crippen LogP contribution in [0.1, 0.15) is 32.5 Å². The third-order valence-corrected chi connectivity index (χ3v) is 2.64. The molecular formula is C15H19N3O. The van der Waals surface area contributed by atoms with E-state index in [0.717, 1.165) is 17.1 Å². The molecule has 19 heavy (non-hydrogen) atoms. The van der Waals surface area contributed by atoms with Gasteiger partial charge in [0, 0.05) is 18.1 Å². The van der Waals surface area contributed by atoms with E-state index in [4.69, 9.17) is 4.74 Å². The number of nitrogens with zero attached hydrogens (tertiary/aromatic N) is 2. The number of rotatable bonds is 5. The van der Waals surface area contributed by atoms with Crippen molar-refractivity contribution in [1.82, 2.24) is 9.97 Å². The molecule has 0 amide bonds. The Morgan fingerprint density at radius 1 is 1.05 bits per heavy atom. The van der Waals surface area contributed by atoms with E-state index in [1.807, 2.05) is 38.1 Å². The summed E-state index contributed by atoms with van der Waals surface area (Å²) in [6.45, 7) is 6.09. The van der Waals surface area contributed by atoms with E-state index < -0.39 is 0 Å².